The fourth-order valence-electron chi connectivity index (χ4n) is 6.83. The van der Waals surface area contributed by atoms with E-state index in [-0.39, 0.29) is 29.7 Å². The lowest BCUT2D eigenvalue weighted by molar-refractivity contribution is -0.153. The molecule has 1 saturated carbocycles. The average molecular weight is 578 g/mol. The summed E-state index contributed by atoms with van der Waals surface area (Å²) in [6.07, 6.45) is 0.229. The number of nitrogens with two attached hydrogens (primary N) is 1. The quantitative estimate of drug-likeness (QED) is 0.320. The molecule has 0 heterocycles. The molecule has 6 N–H and O–H groups in total. The molecule has 11 nitrogen and oxygen atoms in total. The summed E-state index contributed by atoms with van der Waals surface area (Å²) in [6.45, 7) is 2.30. The lowest BCUT2D eigenvalue weighted by Crippen LogP contribution is -2.65. The zero-order valence-electron chi connectivity index (χ0n) is 24.1. The number of phenolic OH excluding ortho intramolecular Hbond substituents is 1. The number of anilines is 1. The Morgan fingerprint density at radius 3 is 2.40 bits per heavy atom. The number of rotatable bonds is 6. The Morgan fingerprint density at radius 1 is 1.12 bits per heavy atom. The molecule has 3 aliphatic carbocycles. The Morgan fingerprint density at radius 2 is 1.81 bits per heavy atom. The predicted molar refractivity (Wildman–Crippen MR) is 155 cm³/mol. The molecule has 2 aromatic rings. The normalized spacial score (nSPS) is 25.3. The number of phenols is 1. The van der Waals surface area contributed by atoms with Crippen molar-refractivity contribution in [2.45, 2.75) is 31.4 Å². The predicted octanol–water partition coefficient (Wildman–Crippen LogP) is 2.10. The van der Waals surface area contributed by atoms with Crippen molar-refractivity contribution in [3.8, 4) is 22.6 Å². The van der Waals surface area contributed by atoms with E-state index in [1.807, 2.05) is 25.9 Å². The highest BCUT2D eigenvalue weighted by molar-refractivity contribution is 6.24. The monoisotopic (exact) mass is 577 g/mol. The number of ketones is 2. The molecule has 4 atom stereocenters. The Hall–Kier alpha value is -4.35. The van der Waals surface area contributed by atoms with Crippen LogP contribution >= 0.6 is 0 Å². The van der Waals surface area contributed by atoms with Gasteiger partial charge in [-0.05, 0) is 69.1 Å². The summed E-state index contributed by atoms with van der Waals surface area (Å²) in [7, 11) is 6.78. The molecule has 0 aliphatic heterocycles. The number of hydrogen-bond acceptors (Lipinski definition) is 10. The van der Waals surface area contributed by atoms with Gasteiger partial charge in [-0.25, -0.2) is 0 Å². The van der Waals surface area contributed by atoms with E-state index < -0.39 is 58.0 Å². The number of carbonyl (C=O) groups is 3. The summed E-state index contributed by atoms with van der Waals surface area (Å²) < 4.78 is 5.62. The topological polar surface area (TPSA) is 174 Å². The van der Waals surface area contributed by atoms with E-state index in [1.165, 1.54) is 4.90 Å². The standard InChI is InChI=1S/C31H35N3O8/c1-6-42-16-9-7-8-14(10-16)17-13-20(33(2)3)18-11-15-12-19-24(34(4)5)27(37)23(30(32)40)29(39)31(19,41)28(38)21(15)26(36)22(18)25(17)35/h7-10,13,15,19,24,35-36,39,41H,6,11-12H2,1-5H3,(H2,32,40)/t15-,19-,24-,31-/m0/s1. The second-order valence-corrected chi connectivity index (χ2v) is 11.5. The molecular weight excluding hydrogens is 542 g/mol. The number of amides is 1. The largest absolute Gasteiger partial charge is 0.508 e. The molecule has 5 rings (SSSR count). The van der Waals surface area contributed by atoms with Crippen LogP contribution in [-0.4, -0.2) is 89.2 Å². The van der Waals surface area contributed by atoms with E-state index in [0.29, 0.717) is 34.7 Å². The number of likely N-dealkylation sites (N-methyl/N-ethyl adjacent to an activating group) is 1. The van der Waals surface area contributed by atoms with Gasteiger partial charge in [0.15, 0.2) is 11.4 Å². The third kappa shape index (κ3) is 4.06. The first kappa shape index (κ1) is 29.2. The summed E-state index contributed by atoms with van der Waals surface area (Å²) >= 11 is 0. The molecule has 0 radical (unpaired) electrons. The van der Waals surface area contributed by atoms with Gasteiger partial charge < -0.3 is 35.8 Å². The second kappa shape index (κ2) is 10.2. The zero-order valence-corrected chi connectivity index (χ0v) is 24.1. The fourth-order valence-corrected chi connectivity index (χ4v) is 6.83. The van der Waals surface area contributed by atoms with Crippen molar-refractivity contribution in [1.29, 1.82) is 0 Å². The van der Waals surface area contributed by atoms with Crippen LogP contribution in [0.4, 0.5) is 5.69 Å². The Bertz CT molecular complexity index is 1590. The summed E-state index contributed by atoms with van der Waals surface area (Å²) in [6, 6.07) is 7.78. The number of aliphatic hydroxyl groups excluding tert-OH is 2. The average Bonchev–Trinajstić information content (AvgIpc) is 2.90. The van der Waals surface area contributed by atoms with Gasteiger partial charge in [-0.2, -0.15) is 0 Å². The lowest BCUT2D eigenvalue weighted by atomic mass is 9.57. The molecule has 1 fully saturated rings. The van der Waals surface area contributed by atoms with E-state index in [9.17, 15) is 34.8 Å². The van der Waals surface area contributed by atoms with Gasteiger partial charge in [0.25, 0.3) is 5.91 Å². The highest BCUT2D eigenvalue weighted by atomic mass is 16.5. The van der Waals surface area contributed by atoms with Crippen LogP contribution in [-0.2, 0) is 20.8 Å². The number of aromatic hydroxyl groups is 1. The van der Waals surface area contributed by atoms with E-state index in [4.69, 9.17) is 10.5 Å². The van der Waals surface area contributed by atoms with Gasteiger partial charge in [0.1, 0.15) is 28.6 Å². The maximum absolute atomic E-state index is 14.1. The maximum Gasteiger partial charge on any atom is 0.255 e. The maximum atomic E-state index is 14.1. The molecule has 3 aliphatic rings. The summed E-state index contributed by atoms with van der Waals surface area (Å²) in [5.74, 6) is -6.21. The van der Waals surface area contributed by atoms with E-state index >= 15 is 0 Å². The van der Waals surface area contributed by atoms with Crippen molar-refractivity contribution < 1.29 is 39.5 Å². The number of nitrogens with zero attached hydrogens (tertiary/aromatic N) is 2. The van der Waals surface area contributed by atoms with Gasteiger partial charge in [0.05, 0.1) is 18.2 Å². The summed E-state index contributed by atoms with van der Waals surface area (Å²) in [4.78, 5) is 42.9. The number of ether oxygens (including phenoxy) is 1. The van der Waals surface area contributed by atoms with Crippen molar-refractivity contribution in [1.82, 2.24) is 4.90 Å². The lowest BCUT2D eigenvalue weighted by Gasteiger charge is -2.50. The minimum absolute atomic E-state index is 0.0253. The molecule has 2 aromatic carbocycles. The number of benzene rings is 2. The minimum atomic E-state index is -2.69. The van der Waals surface area contributed by atoms with Crippen LogP contribution in [0, 0.1) is 11.8 Å². The van der Waals surface area contributed by atoms with E-state index in [2.05, 4.69) is 0 Å². The molecule has 1 amide bonds. The highest BCUT2D eigenvalue weighted by Crippen LogP contribution is 2.55. The molecule has 0 spiro atoms. The van der Waals surface area contributed by atoms with Crippen molar-refractivity contribution in [2.75, 3.05) is 39.7 Å². The van der Waals surface area contributed by atoms with Crippen molar-refractivity contribution in [3.63, 3.8) is 0 Å². The molecule has 42 heavy (non-hydrogen) atoms. The Balaban J connectivity index is 1.76. The second-order valence-electron chi connectivity index (χ2n) is 11.5. The van der Waals surface area contributed by atoms with Gasteiger partial charge in [-0.15, -0.1) is 0 Å². The number of primary amides is 1. The van der Waals surface area contributed by atoms with Gasteiger partial charge in [-0.3, -0.25) is 19.3 Å². The zero-order chi connectivity index (χ0) is 30.8. The van der Waals surface area contributed by atoms with Crippen molar-refractivity contribution >= 4 is 28.9 Å². The van der Waals surface area contributed by atoms with Crippen LogP contribution in [0.15, 0.2) is 47.2 Å². The van der Waals surface area contributed by atoms with Gasteiger partial charge >= 0.3 is 0 Å². The van der Waals surface area contributed by atoms with Crippen LogP contribution in [0.3, 0.4) is 0 Å². The van der Waals surface area contributed by atoms with Crippen molar-refractivity contribution in [3.05, 3.63) is 58.4 Å². The molecule has 0 bridgehead atoms. The molecule has 0 saturated heterocycles. The first-order valence-electron chi connectivity index (χ1n) is 13.7. The molecular formula is C31H35N3O8. The number of fused-ring (bicyclic) bond motifs is 3. The summed E-state index contributed by atoms with van der Waals surface area (Å²) in [5, 5.41) is 46.1. The first-order valence-corrected chi connectivity index (χ1v) is 13.7. The number of hydrogen-bond donors (Lipinski definition) is 5. The SMILES string of the molecule is CCOc1cccc(-c2cc(N(C)C)c3c(c2O)C(O)=C2C(=O)[C@]4(O)C(O)=C(C(N)=O)C(=O)[C@@H](N(C)C)[C@@H]4C[C@@H]2C3)c1. The molecule has 0 unspecified atom stereocenters. The summed E-state index contributed by atoms with van der Waals surface area (Å²) in [5.41, 5.74) is 4.00. The van der Waals surface area contributed by atoms with Crippen LogP contribution in [0.25, 0.3) is 16.9 Å². The van der Waals surface area contributed by atoms with Crippen LogP contribution in [0.5, 0.6) is 11.5 Å². The highest BCUT2D eigenvalue weighted by Gasteiger charge is 2.64. The molecule has 11 heteroatoms. The van der Waals surface area contributed by atoms with Gasteiger partial charge in [-0.1, -0.05) is 12.1 Å². The minimum Gasteiger partial charge on any atom is -0.508 e. The van der Waals surface area contributed by atoms with Gasteiger partial charge in [0.2, 0.25) is 5.78 Å². The molecule has 222 valence electrons. The number of Topliss-reactive ketones (excluding diaryl/α,β-unsaturated/α-hetero) is 2. The van der Waals surface area contributed by atoms with Crippen molar-refractivity contribution in [2.24, 2.45) is 17.6 Å². The smallest absolute Gasteiger partial charge is 0.255 e. The number of carbonyl (C=O) groups excluding carboxylic acids is 3. The van der Waals surface area contributed by atoms with Crippen LogP contribution < -0.4 is 15.4 Å². The van der Waals surface area contributed by atoms with Crippen LogP contribution in [0.2, 0.25) is 0 Å². The van der Waals surface area contributed by atoms with Gasteiger partial charge in [0, 0.05) is 36.8 Å². The fraction of sp³-hybridized carbons (Fsp3) is 0.387. The van der Waals surface area contributed by atoms with E-state index in [1.54, 1.807) is 44.4 Å². The Labute approximate surface area is 243 Å². The Kier molecular flexibility index (Phi) is 7.06. The third-order valence-electron chi connectivity index (χ3n) is 8.64. The third-order valence-corrected chi connectivity index (χ3v) is 8.64. The first-order chi connectivity index (χ1) is 19.7. The van der Waals surface area contributed by atoms with Crippen LogP contribution in [0.1, 0.15) is 24.5 Å². The van der Waals surface area contributed by atoms with E-state index in [0.717, 1.165) is 0 Å². The molecule has 0 aromatic heterocycles. The number of aliphatic hydroxyl groups is 3.